The number of carbonyl (C=O) groups excluding carboxylic acids is 2. The Labute approximate surface area is 219 Å². The molecule has 1 atom stereocenters. The normalized spacial score (nSPS) is 15.2. The number of amides is 2. The van der Waals surface area contributed by atoms with E-state index in [1.54, 1.807) is 18.2 Å². The molecule has 2 aromatic carbocycles. The third-order valence-electron chi connectivity index (χ3n) is 6.66. The first-order valence-electron chi connectivity index (χ1n) is 12.5. The zero-order chi connectivity index (χ0) is 26.3. The fourth-order valence-electron chi connectivity index (χ4n) is 4.59. The van der Waals surface area contributed by atoms with Crippen LogP contribution in [0.3, 0.4) is 0 Å². The van der Waals surface area contributed by atoms with Gasteiger partial charge in [-0.15, -0.1) is 0 Å². The number of hydrogen-bond donors (Lipinski definition) is 1. The highest BCUT2D eigenvalue weighted by atomic mass is 35.5. The van der Waals surface area contributed by atoms with E-state index in [0.29, 0.717) is 17.1 Å². The number of nitrogens with one attached hydrogen (secondary N) is 1. The van der Waals surface area contributed by atoms with Gasteiger partial charge in [-0.25, -0.2) is 8.42 Å². The van der Waals surface area contributed by atoms with Gasteiger partial charge < -0.3 is 10.2 Å². The SMILES string of the molecule is CC[C@H](C(=O)NC1CCCCC1)N(Cc1ccccc1)C(=O)CN(c1ccc(C)c(Cl)c1)S(C)(=O)=O. The number of carbonyl (C=O) groups is 2. The lowest BCUT2D eigenvalue weighted by Gasteiger charge is -2.34. The Morgan fingerprint density at radius 2 is 1.75 bits per heavy atom. The summed E-state index contributed by atoms with van der Waals surface area (Å²) >= 11 is 6.25. The van der Waals surface area contributed by atoms with E-state index in [-0.39, 0.29) is 18.5 Å². The van der Waals surface area contributed by atoms with Crippen molar-refractivity contribution in [1.82, 2.24) is 10.2 Å². The van der Waals surface area contributed by atoms with E-state index in [2.05, 4.69) is 5.32 Å². The van der Waals surface area contributed by atoms with Crippen LogP contribution in [0.25, 0.3) is 0 Å². The van der Waals surface area contributed by atoms with E-state index in [1.165, 1.54) is 11.3 Å². The number of rotatable bonds is 10. The number of anilines is 1. The zero-order valence-corrected chi connectivity index (χ0v) is 22.8. The molecule has 0 spiro atoms. The minimum atomic E-state index is -3.80. The van der Waals surface area contributed by atoms with Gasteiger partial charge >= 0.3 is 0 Å². The number of benzene rings is 2. The molecular formula is C27H36ClN3O4S. The van der Waals surface area contributed by atoms with Crippen molar-refractivity contribution in [2.45, 2.75) is 71.0 Å². The lowest BCUT2D eigenvalue weighted by molar-refractivity contribution is -0.140. The Balaban J connectivity index is 1.90. The zero-order valence-electron chi connectivity index (χ0n) is 21.2. The minimum Gasteiger partial charge on any atom is -0.352 e. The highest BCUT2D eigenvalue weighted by Gasteiger charge is 2.32. The Morgan fingerprint density at radius 1 is 1.08 bits per heavy atom. The summed E-state index contributed by atoms with van der Waals surface area (Å²) in [6.45, 7) is 3.45. The number of halogens is 1. The maximum Gasteiger partial charge on any atom is 0.244 e. The van der Waals surface area contributed by atoms with Gasteiger partial charge in [-0.2, -0.15) is 0 Å². The molecule has 0 unspecified atom stereocenters. The summed E-state index contributed by atoms with van der Waals surface area (Å²) in [5.41, 5.74) is 1.97. The average Bonchev–Trinajstić information content (AvgIpc) is 2.84. The van der Waals surface area contributed by atoms with Crippen LogP contribution in [0.2, 0.25) is 5.02 Å². The highest BCUT2D eigenvalue weighted by molar-refractivity contribution is 7.92. The molecule has 3 rings (SSSR count). The summed E-state index contributed by atoms with van der Waals surface area (Å²) in [5.74, 6) is -0.649. The molecule has 1 aliphatic carbocycles. The van der Waals surface area contributed by atoms with Crippen molar-refractivity contribution in [3.8, 4) is 0 Å². The van der Waals surface area contributed by atoms with Crippen LogP contribution in [0, 0.1) is 6.92 Å². The largest absolute Gasteiger partial charge is 0.352 e. The first-order chi connectivity index (χ1) is 17.1. The summed E-state index contributed by atoms with van der Waals surface area (Å²) in [5, 5.41) is 3.55. The van der Waals surface area contributed by atoms with Crippen LogP contribution < -0.4 is 9.62 Å². The molecule has 0 aliphatic heterocycles. The Morgan fingerprint density at radius 3 is 2.33 bits per heavy atom. The first kappa shape index (κ1) is 28.0. The molecule has 0 bridgehead atoms. The van der Waals surface area contributed by atoms with Crippen molar-refractivity contribution in [1.29, 1.82) is 0 Å². The monoisotopic (exact) mass is 533 g/mol. The maximum atomic E-state index is 13.7. The molecule has 0 saturated heterocycles. The first-order valence-corrected chi connectivity index (χ1v) is 14.7. The molecule has 7 nitrogen and oxygen atoms in total. The molecule has 2 amide bonds. The van der Waals surface area contributed by atoms with Crippen LogP contribution in [-0.4, -0.2) is 50.0 Å². The Hall–Kier alpha value is -2.58. The molecule has 1 N–H and O–H groups in total. The van der Waals surface area contributed by atoms with Crippen LogP contribution >= 0.6 is 11.6 Å². The lowest BCUT2D eigenvalue weighted by Crippen LogP contribution is -2.53. The maximum absolute atomic E-state index is 13.7. The van der Waals surface area contributed by atoms with Crippen molar-refractivity contribution < 1.29 is 18.0 Å². The van der Waals surface area contributed by atoms with Gasteiger partial charge in [0.2, 0.25) is 21.8 Å². The van der Waals surface area contributed by atoms with Gasteiger partial charge in [0.1, 0.15) is 12.6 Å². The van der Waals surface area contributed by atoms with Gasteiger partial charge in [0.25, 0.3) is 0 Å². The van der Waals surface area contributed by atoms with Gasteiger partial charge in [0, 0.05) is 17.6 Å². The molecule has 196 valence electrons. The second-order valence-corrected chi connectivity index (χ2v) is 11.8. The fraction of sp³-hybridized carbons (Fsp3) is 0.481. The third-order valence-corrected chi connectivity index (χ3v) is 8.20. The molecule has 2 aromatic rings. The molecule has 0 radical (unpaired) electrons. The van der Waals surface area contributed by atoms with E-state index in [4.69, 9.17) is 11.6 Å². The van der Waals surface area contributed by atoms with Gasteiger partial charge in [0.15, 0.2) is 0 Å². The Kier molecular flexibility index (Phi) is 9.79. The van der Waals surface area contributed by atoms with E-state index in [9.17, 15) is 18.0 Å². The average molecular weight is 534 g/mol. The molecule has 1 aliphatic rings. The second kappa shape index (κ2) is 12.6. The number of nitrogens with zero attached hydrogens (tertiary/aromatic N) is 2. The summed E-state index contributed by atoms with van der Waals surface area (Å²) in [6, 6.07) is 13.7. The summed E-state index contributed by atoms with van der Waals surface area (Å²) in [4.78, 5) is 28.6. The van der Waals surface area contributed by atoms with Crippen LogP contribution in [0.15, 0.2) is 48.5 Å². The van der Waals surface area contributed by atoms with E-state index in [0.717, 1.165) is 47.4 Å². The summed E-state index contributed by atoms with van der Waals surface area (Å²) < 4.78 is 26.5. The van der Waals surface area contributed by atoms with E-state index < -0.39 is 28.5 Å². The van der Waals surface area contributed by atoms with E-state index >= 15 is 0 Å². The van der Waals surface area contributed by atoms with Crippen molar-refractivity contribution in [2.24, 2.45) is 0 Å². The second-order valence-electron chi connectivity index (χ2n) is 9.48. The number of hydrogen-bond acceptors (Lipinski definition) is 4. The van der Waals surface area contributed by atoms with Crippen LogP contribution in [-0.2, 0) is 26.2 Å². The lowest BCUT2D eigenvalue weighted by atomic mass is 9.95. The number of aryl methyl sites for hydroxylation is 1. The smallest absolute Gasteiger partial charge is 0.244 e. The molecular weight excluding hydrogens is 498 g/mol. The third kappa shape index (κ3) is 7.46. The van der Waals surface area contributed by atoms with Crippen molar-refractivity contribution >= 4 is 39.1 Å². The topological polar surface area (TPSA) is 86.8 Å². The van der Waals surface area contributed by atoms with Gasteiger partial charge in [-0.3, -0.25) is 13.9 Å². The number of sulfonamides is 1. The summed E-state index contributed by atoms with van der Waals surface area (Å²) in [7, 11) is -3.80. The van der Waals surface area contributed by atoms with Gasteiger partial charge in [-0.05, 0) is 49.4 Å². The predicted octanol–water partition coefficient (Wildman–Crippen LogP) is 4.67. The molecule has 1 saturated carbocycles. The van der Waals surface area contributed by atoms with Crippen molar-refractivity contribution in [3.63, 3.8) is 0 Å². The van der Waals surface area contributed by atoms with Crippen molar-refractivity contribution in [2.75, 3.05) is 17.1 Å². The molecule has 1 fully saturated rings. The summed E-state index contributed by atoms with van der Waals surface area (Å²) in [6.07, 6.45) is 6.67. The van der Waals surface area contributed by atoms with Crippen LogP contribution in [0.1, 0.15) is 56.6 Å². The quantitative estimate of drug-likeness (QED) is 0.481. The van der Waals surface area contributed by atoms with Crippen LogP contribution in [0.4, 0.5) is 5.69 Å². The van der Waals surface area contributed by atoms with Gasteiger partial charge in [-0.1, -0.05) is 74.2 Å². The van der Waals surface area contributed by atoms with Crippen LogP contribution in [0.5, 0.6) is 0 Å². The van der Waals surface area contributed by atoms with Crippen molar-refractivity contribution in [3.05, 3.63) is 64.7 Å². The standard InChI is InChI=1S/C27H36ClN3O4S/c1-4-25(27(33)29-22-13-9-6-10-14-22)30(18-21-11-7-5-8-12-21)26(32)19-31(36(3,34)35)23-16-15-20(2)24(28)17-23/h5,7-8,11-12,15-17,22,25H,4,6,9-10,13-14,18-19H2,1-3H3,(H,29,33)/t25-/m1/s1. The molecule has 0 aromatic heterocycles. The highest BCUT2D eigenvalue weighted by Crippen LogP contribution is 2.26. The molecule has 36 heavy (non-hydrogen) atoms. The molecule has 9 heteroatoms. The Bertz CT molecular complexity index is 1150. The fourth-order valence-corrected chi connectivity index (χ4v) is 5.61. The van der Waals surface area contributed by atoms with Gasteiger partial charge in [0.05, 0.1) is 11.9 Å². The minimum absolute atomic E-state index is 0.108. The predicted molar refractivity (Wildman–Crippen MR) is 144 cm³/mol. The van der Waals surface area contributed by atoms with E-state index in [1.807, 2.05) is 44.2 Å². The molecule has 0 heterocycles.